The number of nitrogens with zero attached hydrogens (tertiary/aromatic N) is 1. The third kappa shape index (κ3) is 5.45. The van der Waals surface area contributed by atoms with Crippen LogP contribution in [0, 0.1) is 45.3 Å². The molecule has 6 nitrogen and oxygen atoms in total. The van der Waals surface area contributed by atoms with Crippen molar-refractivity contribution in [3.05, 3.63) is 53.1 Å². The van der Waals surface area contributed by atoms with Gasteiger partial charge in [0.1, 0.15) is 0 Å². The van der Waals surface area contributed by atoms with E-state index >= 15 is 0 Å². The lowest BCUT2D eigenvalue weighted by Gasteiger charge is -2.72. The molecule has 49 heavy (non-hydrogen) atoms. The molecule has 1 N–H and O–H groups in total. The van der Waals surface area contributed by atoms with Crippen LogP contribution < -0.4 is 5.32 Å². The monoisotopic (exact) mass is 690 g/mol. The van der Waals surface area contributed by atoms with E-state index in [-0.39, 0.29) is 22.3 Å². The molecule has 0 unspecified atom stereocenters. The van der Waals surface area contributed by atoms with Gasteiger partial charge in [0.05, 0.1) is 24.2 Å². The third-order valence-corrected chi connectivity index (χ3v) is 17.8. The Bertz CT molecular complexity index is 1620. The van der Waals surface area contributed by atoms with Gasteiger partial charge < -0.3 is 15.0 Å². The molecule has 7 rings (SSSR count). The number of hydrogen-bond acceptors (Lipinski definition) is 6. The van der Waals surface area contributed by atoms with E-state index in [1.165, 1.54) is 69.6 Å². The summed E-state index contributed by atoms with van der Waals surface area (Å²) in [5.74, 6) is 2.95. The molecule has 8 atom stereocenters. The van der Waals surface area contributed by atoms with Gasteiger partial charge in [0.25, 0.3) is 0 Å². The molecule has 0 spiro atoms. The fourth-order valence-electron chi connectivity index (χ4n) is 13.5. The molecule has 5 fully saturated rings. The van der Waals surface area contributed by atoms with Gasteiger partial charge in [0.15, 0.2) is 9.84 Å². The van der Waals surface area contributed by atoms with Crippen LogP contribution in [-0.4, -0.2) is 69.6 Å². The van der Waals surface area contributed by atoms with Crippen LogP contribution in [0.3, 0.4) is 0 Å². The topological polar surface area (TPSA) is 75.7 Å². The molecule has 1 aromatic rings. The SMILES string of the molecule is C/C=C1\CC[C@]2(NCCN3CCS(=O)(=O)CC3)CC[C@]3(C)[C@H](CC[C@@H]4[C@@]5(C)CC=C(c6ccc(C(=O)OC)cc6)C(C)(C)[C@@H]5CC[C@]43C)[C@@H]12. The van der Waals surface area contributed by atoms with Crippen LogP contribution in [0.4, 0.5) is 0 Å². The van der Waals surface area contributed by atoms with Gasteiger partial charge in [-0.3, -0.25) is 0 Å². The van der Waals surface area contributed by atoms with Crippen molar-refractivity contribution in [1.82, 2.24) is 10.2 Å². The summed E-state index contributed by atoms with van der Waals surface area (Å²) in [7, 11) is -1.41. The highest BCUT2D eigenvalue weighted by molar-refractivity contribution is 7.91. The number of hydrogen-bond donors (Lipinski definition) is 1. The Labute approximate surface area is 296 Å². The summed E-state index contributed by atoms with van der Waals surface area (Å²) in [6.45, 7) is 18.6. The summed E-state index contributed by atoms with van der Waals surface area (Å²) in [5, 5.41) is 4.20. The molecule has 6 aliphatic rings. The van der Waals surface area contributed by atoms with E-state index in [0.29, 0.717) is 64.7 Å². The van der Waals surface area contributed by atoms with Crippen molar-refractivity contribution in [2.24, 2.45) is 45.3 Å². The van der Waals surface area contributed by atoms with Crippen LogP contribution in [0.15, 0.2) is 42.0 Å². The van der Waals surface area contributed by atoms with Crippen LogP contribution in [0.25, 0.3) is 5.57 Å². The first-order chi connectivity index (χ1) is 23.1. The second-order valence-corrected chi connectivity index (χ2v) is 20.5. The molecule has 5 aliphatic carbocycles. The minimum Gasteiger partial charge on any atom is -0.465 e. The van der Waals surface area contributed by atoms with Gasteiger partial charge in [-0.05, 0) is 127 Å². The number of ether oxygens (including phenoxy) is 1. The first kappa shape index (κ1) is 35.4. The van der Waals surface area contributed by atoms with E-state index < -0.39 is 9.84 Å². The van der Waals surface area contributed by atoms with E-state index in [1.54, 1.807) is 5.57 Å². The fraction of sp³-hybridized carbons (Fsp3) is 0.738. The van der Waals surface area contributed by atoms with Crippen molar-refractivity contribution in [2.45, 2.75) is 105 Å². The van der Waals surface area contributed by atoms with Gasteiger partial charge in [-0.2, -0.15) is 0 Å². The molecule has 1 heterocycles. The lowest BCUT2D eigenvalue weighted by atomic mass is 9.33. The molecule has 0 radical (unpaired) electrons. The molecule has 270 valence electrons. The normalized spacial score (nSPS) is 41.9. The minimum absolute atomic E-state index is 0.0482. The molecule has 1 aliphatic heterocycles. The van der Waals surface area contributed by atoms with Gasteiger partial charge in [0.2, 0.25) is 0 Å². The highest BCUT2D eigenvalue weighted by Gasteiger charge is 2.69. The highest BCUT2D eigenvalue weighted by Crippen LogP contribution is 2.76. The zero-order valence-electron chi connectivity index (χ0n) is 31.4. The molecule has 0 bridgehead atoms. The van der Waals surface area contributed by atoms with Crippen LogP contribution in [0.1, 0.15) is 115 Å². The number of esters is 1. The summed E-state index contributed by atoms with van der Waals surface area (Å²) in [4.78, 5) is 14.5. The Balaban J connectivity index is 1.13. The number of benzene rings is 1. The van der Waals surface area contributed by atoms with Crippen LogP contribution >= 0.6 is 0 Å². The van der Waals surface area contributed by atoms with E-state index in [1.807, 2.05) is 12.1 Å². The fourth-order valence-corrected chi connectivity index (χ4v) is 14.7. The number of carbonyl (C=O) groups is 1. The van der Waals surface area contributed by atoms with Crippen molar-refractivity contribution in [2.75, 3.05) is 44.8 Å². The Kier molecular flexibility index (Phi) is 8.92. The van der Waals surface area contributed by atoms with E-state index in [2.05, 4.69) is 76.0 Å². The summed E-state index contributed by atoms with van der Waals surface area (Å²) >= 11 is 0. The van der Waals surface area contributed by atoms with E-state index in [4.69, 9.17) is 4.74 Å². The minimum atomic E-state index is -2.85. The molecular formula is C42H62N2O4S. The Morgan fingerprint density at radius 2 is 1.65 bits per heavy atom. The van der Waals surface area contributed by atoms with Crippen molar-refractivity contribution in [3.63, 3.8) is 0 Å². The predicted molar refractivity (Wildman–Crippen MR) is 199 cm³/mol. The zero-order valence-corrected chi connectivity index (χ0v) is 32.2. The maximum Gasteiger partial charge on any atom is 0.337 e. The summed E-state index contributed by atoms with van der Waals surface area (Å²) in [6.07, 6.45) is 16.4. The van der Waals surface area contributed by atoms with Gasteiger partial charge in [-0.25, -0.2) is 13.2 Å². The summed E-state index contributed by atoms with van der Waals surface area (Å²) in [6, 6.07) is 8.10. The first-order valence-electron chi connectivity index (χ1n) is 19.4. The number of nitrogens with one attached hydrogen (secondary N) is 1. The van der Waals surface area contributed by atoms with Crippen LogP contribution in [0.5, 0.6) is 0 Å². The zero-order chi connectivity index (χ0) is 35.0. The van der Waals surface area contributed by atoms with Crippen molar-refractivity contribution in [3.8, 4) is 0 Å². The largest absolute Gasteiger partial charge is 0.465 e. The van der Waals surface area contributed by atoms with E-state index in [0.717, 1.165) is 19.5 Å². The lowest BCUT2D eigenvalue weighted by Crippen LogP contribution is -2.67. The number of methoxy groups -OCH3 is 1. The second kappa shape index (κ2) is 12.3. The van der Waals surface area contributed by atoms with Gasteiger partial charge in [-0.15, -0.1) is 0 Å². The van der Waals surface area contributed by atoms with Crippen LogP contribution in [0.2, 0.25) is 0 Å². The third-order valence-electron chi connectivity index (χ3n) is 16.2. The van der Waals surface area contributed by atoms with Crippen molar-refractivity contribution < 1.29 is 17.9 Å². The summed E-state index contributed by atoms with van der Waals surface area (Å²) in [5.41, 5.74) is 6.07. The quantitative estimate of drug-likeness (QED) is 0.241. The second-order valence-electron chi connectivity index (χ2n) is 18.2. The Morgan fingerprint density at radius 1 is 0.939 bits per heavy atom. The number of sulfone groups is 1. The first-order valence-corrected chi connectivity index (χ1v) is 21.2. The molecule has 4 saturated carbocycles. The van der Waals surface area contributed by atoms with E-state index in [9.17, 15) is 13.2 Å². The molecule has 0 aromatic heterocycles. The average molecular weight is 691 g/mol. The van der Waals surface area contributed by atoms with Gasteiger partial charge in [0, 0.05) is 37.6 Å². The molecule has 1 aromatic carbocycles. The molecule has 7 heteroatoms. The van der Waals surface area contributed by atoms with Gasteiger partial charge >= 0.3 is 5.97 Å². The highest BCUT2D eigenvalue weighted by atomic mass is 32.2. The smallest absolute Gasteiger partial charge is 0.337 e. The lowest BCUT2D eigenvalue weighted by molar-refractivity contribution is -0.213. The number of fused-ring (bicyclic) bond motifs is 7. The Morgan fingerprint density at radius 3 is 2.33 bits per heavy atom. The number of rotatable bonds is 6. The maximum absolute atomic E-state index is 12.1. The van der Waals surface area contributed by atoms with Crippen molar-refractivity contribution >= 4 is 21.4 Å². The molecular weight excluding hydrogens is 629 g/mol. The van der Waals surface area contributed by atoms with Gasteiger partial charge in [-0.1, -0.05) is 64.5 Å². The average Bonchev–Trinajstić information content (AvgIpc) is 3.44. The van der Waals surface area contributed by atoms with Crippen LogP contribution in [-0.2, 0) is 14.6 Å². The maximum atomic E-state index is 12.1. The Hall–Kier alpha value is -1.96. The summed E-state index contributed by atoms with van der Waals surface area (Å²) < 4.78 is 29.0. The number of carbonyl (C=O) groups excluding carboxylic acids is 1. The standard InChI is InChI=1S/C42H62N2O4S/c1-8-29-15-20-42(43-23-24-44-25-27-49(46,47)28-26-44)22-21-40(5)33(36(29)42)13-14-35-39(4)18-16-32(30-9-11-31(12-10-30)37(45)48-7)38(2,3)34(39)17-19-41(35,40)6/h8-12,16,33-36,43H,13-15,17-28H2,1-7H3/b29-8+/t33-,34+,35-,36-,39+,40-,41-,42+/m1/s1. The predicted octanol–water partition coefficient (Wildman–Crippen LogP) is 7.95. The van der Waals surface area contributed by atoms with Crippen molar-refractivity contribution in [1.29, 1.82) is 0 Å². The number of allylic oxidation sites excluding steroid dienone is 3. The molecule has 1 saturated heterocycles. The molecule has 0 amide bonds.